The third-order valence-electron chi connectivity index (χ3n) is 6.79. The minimum absolute atomic E-state index is 0.00705. The van der Waals surface area contributed by atoms with Gasteiger partial charge in [-0.2, -0.15) is 5.10 Å². The lowest BCUT2D eigenvalue weighted by Crippen LogP contribution is -2.47. The van der Waals surface area contributed by atoms with Crippen LogP contribution in [0.2, 0.25) is 0 Å². The van der Waals surface area contributed by atoms with E-state index >= 15 is 0 Å². The lowest BCUT2D eigenvalue weighted by atomic mass is 9.78. The average Bonchev–Trinajstić information content (AvgIpc) is 3.54. The number of fused-ring (bicyclic) bond motifs is 1. The summed E-state index contributed by atoms with van der Waals surface area (Å²) in [6.45, 7) is 1.07. The van der Waals surface area contributed by atoms with E-state index in [9.17, 15) is 9.59 Å². The molecule has 32 heavy (non-hydrogen) atoms. The maximum absolute atomic E-state index is 13.4. The Labute approximate surface area is 188 Å². The number of rotatable bonds is 6. The Morgan fingerprint density at radius 1 is 1.00 bits per heavy atom. The van der Waals surface area contributed by atoms with Crippen LogP contribution in [0.5, 0.6) is 0 Å². The van der Waals surface area contributed by atoms with Gasteiger partial charge in [-0.15, -0.1) is 0 Å². The summed E-state index contributed by atoms with van der Waals surface area (Å²) in [6.07, 6.45) is 4.64. The second-order valence-corrected chi connectivity index (χ2v) is 8.90. The van der Waals surface area contributed by atoms with Crippen molar-refractivity contribution in [2.24, 2.45) is 0 Å². The number of aromatic nitrogens is 2. The van der Waals surface area contributed by atoms with Crippen molar-refractivity contribution < 1.29 is 9.59 Å². The molecule has 6 heteroatoms. The summed E-state index contributed by atoms with van der Waals surface area (Å²) in [5.74, 6) is -0.0527. The fraction of sp³-hybridized carbons (Fsp3) is 0.346. The monoisotopic (exact) mass is 428 g/mol. The highest BCUT2D eigenvalue weighted by molar-refractivity contribution is 5.92. The van der Waals surface area contributed by atoms with E-state index < -0.39 is 5.41 Å². The Bertz CT molecular complexity index is 1080. The van der Waals surface area contributed by atoms with Gasteiger partial charge in [-0.3, -0.25) is 14.3 Å². The van der Waals surface area contributed by atoms with Gasteiger partial charge in [0.2, 0.25) is 5.91 Å². The first-order valence-electron chi connectivity index (χ1n) is 11.4. The molecular weight excluding hydrogens is 400 g/mol. The van der Waals surface area contributed by atoms with Crippen LogP contribution in [0.25, 0.3) is 0 Å². The standard InChI is InChI=1S/C26H28N4O2/c31-24(27-17-19-9-3-1-4-10-19)23-16-22-15-21(18-30(22)29-23)28-25(32)26(13-7-8-14-26)20-11-5-2-6-12-20/h1-6,9-12,16,21H,7-8,13-15,17-18H2,(H,27,31)(H,28,32)/t21-/m0/s1. The van der Waals surface area contributed by atoms with Gasteiger partial charge in [0.1, 0.15) is 5.69 Å². The van der Waals surface area contributed by atoms with Crippen molar-refractivity contribution >= 4 is 11.8 Å². The van der Waals surface area contributed by atoms with E-state index in [0.717, 1.165) is 42.5 Å². The minimum atomic E-state index is -0.422. The summed E-state index contributed by atoms with van der Waals surface area (Å²) < 4.78 is 1.85. The van der Waals surface area contributed by atoms with Crippen LogP contribution in [0, 0.1) is 0 Å². The van der Waals surface area contributed by atoms with Crippen LogP contribution >= 0.6 is 0 Å². The van der Waals surface area contributed by atoms with E-state index in [0.29, 0.717) is 25.2 Å². The van der Waals surface area contributed by atoms with Gasteiger partial charge in [-0.05, 0) is 30.0 Å². The van der Waals surface area contributed by atoms with Crippen molar-refractivity contribution in [3.8, 4) is 0 Å². The van der Waals surface area contributed by atoms with Gasteiger partial charge < -0.3 is 10.6 Å². The van der Waals surface area contributed by atoms with Gasteiger partial charge in [-0.1, -0.05) is 73.5 Å². The zero-order valence-electron chi connectivity index (χ0n) is 18.1. The SMILES string of the molecule is O=C(NCc1ccccc1)c1cc2n(n1)C[C@@H](NC(=O)C1(c3ccccc3)CCCC1)C2. The number of hydrogen-bond donors (Lipinski definition) is 2. The number of nitrogens with zero attached hydrogens (tertiary/aromatic N) is 2. The van der Waals surface area contributed by atoms with E-state index in [1.54, 1.807) is 0 Å². The Hall–Kier alpha value is -3.41. The van der Waals surface area contributed by atoms with Crippen LogP contribution in [0.3, 0.4) is 0 Å². The van der Waals surface area contributed by atoms with Crippen molar-refractivity contribution in [3.63, 3.8) is 0 Å². The van der Waals surface area contributed by atoms with Crippen LogP contribution in [-0.4, -0.2) is 27.6 Å². The molecule has 0 unspecified atom stereocenters. The van der Waals surface area contributed by atoms with Gasteiger partial charge in [0.15, 0.2) is 0 Å². The highest BCUT2D eigenvalue weighted by atomic mass is 16.2. The molecule has 6 nitrogen and oxygen atoms in total. The van der Waals surface area contributed by atoms with Crippen LogP contribution in [0.15, 0.2) is 66.7 Å². The number of carbonyl (C=O) groups excluding carboxylic acids is 2. The Balaban J connectivity index is 1.21. The molecular formula is C26H28N4O2. The van der Waals surface area contributed by atoms with E-state index in [-0.39, 0.29) is 17.9 Å². The first kappa shape index (κ1) is 20.5. The van der Waals surface area contributed by atoms with E-state index in [2.05, 4.69) is 27.9 Å². The molecule has 1 fully saturated rings. The molecule has 0 saturated heterocycles. The number of carbonyl (C=O) groups is 2. The molecule has 1 atom stereocenters. The van der Waals surface area contributed by atoms with Crippen LogP contribution in [-0.2, 0) is 29.7 Å². The number of hydrogen-bond acceptors (Lipinski definition) is 3. The van der Waals surface area contributed by atoms with Crippen molar-refractivity contribution in [2.75, 3.05) is 0 Å². The molecule has 0 radical (unpaired) electrons. The smallest absolute Gasteiger partial charge is 0.272 e. The summed E-state index contributed by atoms with van der Waals surface area (Å²) >= 11 is 0. The quantitative estimate of drug-likeness (QED) is 0.632. The maximum atomic E-state index is 13.4. The fourth-order valence-electron chi connectivity index (χ4n) is 5.09. The third kappa shape index (κ3) is 3.93. The van der Waals surface area contributed by atoms with Crippen LogP contribution < -0.4 is 10.6 Å². The molecule has 2 aromatic carbocycles. The summed E-state index contributed by atoms with van der Waals surface area (Å²) in [7, 11) is 0. The van der Waals surface area contributed by atoms with Gasteiger partial charge in [0, 0.05) is 18.7 Å². The lowest BCUT2D eigenvalue weighted by molar-refractivity contribution is -0.127. The molecule has 5 rings (SSSR count). The van der Waals surface area contributed by atoms with Gasteiger partial charge in [0.05, 0.1) is 18.0 Å². The molecule has 2 aliphatic rings. The Kier molecular flexibility index (Phi) is 5.52. The van der Waals surface area contributed by atoms with Crippen molar-refractivity contribution in [2.45, 2.75) is 56.7 Å². The second kappa shape index (κ2) is 8.61. The zero-order chi connectivity index (χ0) is 22.0. The third-order valence-corrected chi connectivity index (χ3v) is 6.79. The molecule has 2 N–H and O–H groups in total. The number of amides is 2. The maximum Gasteiger partial charge on any atom is 0.272 e. The predicted molar refractivity (Wildman–Crippen MR) is 122 cm³/mol. The van der Waals surface area contributed by atoms with Gasteiger partial charge in [0.25, 0.3) is 5.91 Å². The summed E-state index contributed by atoms with van der Waals surface area (Å²) in [4.78, 5) is 25.9. The highest BCUT2D eigenvalue weighted by Gasteiger charge is 2.43. The first-order chi connectivity index (χ1) is 15.6. The van der Waals surface area contributed by atoms with Crippen molar-refractivity contribution in [1.82, 2.24) is 20.4 Å². The topological polar surface area (TPSA) is 76.0 Å². The molecule has 3 aromatic rings. The average molecular weight is 429 g/mol. The predicted octanol–water partition coefficient (Wildman–Crippen LogP) is 3.37. The van der Waals surface area contributed by atoms with Crippen LogP contribution in [0.4, 0.5) is 0 Å². The summed E-state index contributed by atoms with van der Waals surface area (Å²) in [6, 6.07) is 21.8. The van der Waals surface area contributed by atoms with Crippen LogP contribution in [0.1, 0.15) is 53.0 Å². The molecule has 0 bridgehead atoms. The second-order valence-electron chi connectivity index (χ2n) is 8.90. The molecule has 2 heterocycles. The molecule has 1 aliphatic carbocycles. The van der Waals surface area contributed by atoms with Crippen molar-refractivity contribution in [1.29, 1.82) is 0 Å². The normalized spacial score (nSPS) is 18.8. The molecule has 1 aliphatic heterocycles. The first-order valence-corrected chi connectivity index (χ1v) is 11.4. The molecule has 0 spiro atoms. The lowest BCUT2D eigenvalue weighted by Gasteiger charge is -2.30. The zero-order valence-corrected chi connectivity index (χ0v) is 18.1. The van der Waals surface area contributed by atoms with E-state index in [1.807, 2.05) is 59.3 Å². The Morgan fingerprint density at radius 3 is 2.38 bits per heavy atom. The molecule has 2 amide bonds. The molecule has 1 saturated carbocycles. The molecule has 1 aromatic heterocycles. The van der Waals surface area contributed by atoms with E-state index in [4.69, 9.17) is 0 Å². The fourth-order valence-corrected chi connectivity index (χ4v) is 5.09. The van der Waals surface area contributed by atoms with E-state index in [1.165, 1.54) is 0 Å². The summed E-state index contributed by atoms with van der Waals surface area (Å²) in [5, 5.41) is 10.7. The van der Waals surface area contributed by atoms with Crippen molar-refractivity contribution in [3.05, 3.63) is 89.2 Å². The molecule has 164 valence electrons. The minimum Gasteiger partial charge on any atom is -0.350 e. The largest absolute Gasteiger partial charge is 0.350 e. The van der Waals surface area contributed by atoms with Gasteiger partial charge >= 0.3 is 0 Å². The number of benzene rings is 2. The number of nitrogens with one attached hydrogen (secondary N) is 2. The Morgan fingerprint density at radius 2 is 1.69 bits per heavy atom. The highest BCUT2D eigenvalue weighted by Crippen LogP contribution is 2.41. The summed E-state index contributed by atoms with van der Waals surface area (Å²) in [5.41, 5.74) is 3.16. The van der Waals surface area contributed by atoms with Gasteiger partial charge in [-0.25, -0.2) is 0 Å².